The number of carbonyl (C=O) groups is 3. The quantitative estimate of drug-likeness (QED) is 0.435. The number of hydrogen-bond acceptors (Lipinski definition) is 11. The molecular weight excluding hydrogens is 569 g/mol. The number of carbonyl (C=O) groups excluding carboxylic acids is 2. The van der Waals surface area contributed by atoms with Gasteiger partial charge < -0.3 is 34.6 Å². The summed E-state index contributed by atoms with van der Waals surface area (Å²) >= 11 is 0. The van der Waals surface area contributed by atoms with Crippen molar-refractivity contribution < 1.29 is 56.8 Å². The van der Waals surface area contributed by atoms with Gasteiger partial charge in [0, 0.05) is 24.9 Å². The van der Waals surface area contributed by atoms with E-state index in [1.54, 1.807) is 13.0 Å². The van der Waals surface area contributed by atoms with Crippen molar-refractivity contribution in [2.24, 2.45) is 5.16 Å². The van der Waals surface area contributed by atoms with Gasteiger partial charge in [0.05, 0.1) is 25.5 Å². The van der Waals surface area contributed by atoms with E-state index in [2.05, 4.69) is 20.4 Å². The average molecular weight is 597 g/mol. The summed E-state index contributed by atoms with van der Waals surface area (Å²) in [4.78, 5) is 47.6. The number of Topliss-reactive ketones (excluding diaryl/α,β-unsaturated/α-hetero) is 1. The maximum absolute atomic E-state index is 12.8. The van der Waals surface area contributed by atoms with Gasteiger partial charge >= 0.3 is 12.1 Å². The van der Waals surface area contributed by atoms with E-state index in [0.717, 1.165) is 11.1 Å². The molecule has 1 saturated heterocycles. The zero-order chi connectivity index (χ0) is 30.4. The van der Waals surface area contributed by atoms with Gasteiger partial charge in [-0.05, 0) is 30.7 Å². The molecule has 1 fully saturated rings. The van der Waals surface area contributed by atoms with Gasteiger partial charge in [-0.3, -0.25) is 9.59 Å². The summed E-state index contributed by atoms with van der Waals surface area (Å²) in [6.45, 7) is 2.59. The number of rotatable bonds is 6. The number of halogens is 3. The van der Waals surface area contributed by atoms with E-state index in [1.165, 1.54) is 0 Å². The first-order chi connectivity index (χ1) is 19.9. The fourth-order valence-corrected chi connectivity index (χ4v) is 4.17. The van der Waals surface area contributed by atoms with Crippen LogP contribution in [0.4, 0.5) is 13.2 Å². The zero-order valence-corrected chi connectivity index (χ0v) is 22.2. The Balaban J connectivity index is 0.000000517. The normalized spacial score (nSPS) is 21.6. The van der Waals surface area contributed by atoms with Crippen molar-refractivity contribution in [1.82, 2.24) is 15.3 Å². The van der Waals surface area contributed by atoms with E-state index in [0.29, 0.717) is 49.0 Å². The van der Waals surface area contributed by atoms with Crippen molar-refractivity contribution in [3.63, 3.8) is 0 Å². The summed E-state index contributed by atoms with van der Waals surface area (Å²) in [5, 5.41) is 23.3. The fraction of sp³-hybridized carbons (Fsp3) is 0.462. The Kier molecular flexibility index (Phi) is 9.70. The van der Waals surface area contributed by atoms with Gasteiger partial charge in [0.1, 0.15) is 41.8 Å². The van der Waals surface area contributed by atoms with Crippen LogP contribution in [0.1, 0.15) is 39.6 Å². The lowest BCUT2D eigenvalue weighted by Gasteiger charge is -2.30. The number of oxime groups is 1. The van der Waals surface area contributed by atoms with Crippen molar-refractivity contribution in [3.8, 4) is 5.75 Å². The molecule has 2 aromatic rings. The number of aliphatic hydroxyl groups is 1. The molecule has 226 valence electrons. The molecule has 42 heavy (non-hydrogen) atoms. The maximum atomic E-state index is 12.8. The number of ether oxygens (including phenoxy) is 3. The van der Waals surface area contributed by atoms with E-state index < -0.39 is 12.1 Å². The number of carboxylic acids is 1. The predicted molar refractivity (Wildman–Crippen MR) is 135 cm³/mol. The lowest BCUT2D eigenvalue weighted by molar-refractivity contribution is -0.192. The number of carboxylic acid groups (broad SMARTS) is 1. The topological polar surface area (TPSA) is 179 Å². The van der Waals surface area contributed by atoms with Gasteiger partial charge in [-0.2, -0.15) is 13.2 Å². The number of amides is 1. The van der Waals surface area contributed by atoms with Crippen LogP contribution in [0.2, 0.25) is 0 Å². The molecule has 4 heterocycles. The molecule has 3 aliphatic heterocycles. The summed E-state index contributed by atoms with van der Waals surface area (Å²) in [5.41, 5.74) is 3.01. The molecule has 1 amide bonds. The molecule has 0 bridgehead atoms. The average Bonchev–Trinajstić information content (AvgIpc) is 3.46. The van der Waals surface area contributed by atoms with Crippen molar-refractivity contribution in [2.75, 3.05) is 26.4 Å². The van der Waals surface area contributed by atoms with E-state index >= 15 is 0 Å². The summed E-state index contributed by atoms with van der Waals surface area (Å²) in [6.07, 6.45) is -5.27. The molecular formula is C26H27F3N4O9. The highest BCUT2D eigenvalue weighted by Crippen LogP contribution is 2.25. The molecule has 0 saturated carbocycles. The number of ketones is 1. The SMILES string of the molecule is Cc1nc(C(=O)NCc2ccc3c(c2)CC(=O)CO3)cc(C2=NO[C@@H]([C@H]3CO[C@H](CO)CO3)C2)n1.O=C(O)C(F)(F)F. The summed E-state index contributed by atoms with van der Waals surface area (Å²) in [5.74, 6) is -1.94. The molecule has 3 N–H and O–H groups in total. The van der Waals surface area contributed by atoms with Crippen LogP contribution >= 0.6 is 0 Å². The summed E-state index contributed by atoms with van der Waals surface area (Å²) in [7, 11) is 0. The van der Waals surface area contributed by atoms with Gasteiger partial charge in [-0.1, -0.05) is 11.2 Å². The number of nitrogens with one attached hydrogen (secondary N) is 1. The highest BCUT2D eigenvalue weighted by molar-refractivity contribution is 6.02. The minimum atomic E-state index is -5.08. The van der Waals surface area contributed by atoms with Crippen LogP contribution in [0.15, 0.2) is 29.4 Å². The van der Waals surface area contributed by atoms with Crippen molar-refractivity contribution in [2.45, 2.75) is 50.8 Å². The smallest absolute Gasteiger partial charge is 0.486 e. The van der Waals surface area contributed by atoms with Crippen LogP contribution in [-0.4, -0.2) is 94.5 Å². The second-order valence-electron chi connectivity index (χ2n) is 9.51. The van der Waals surface area contributed by atoms with Crippen LogP contribution in [0.3, 0.4) is 0 Å². The Hall–Kier alpha value is -4.15. The summed E-state index contributed by atoms with van der Waals surface area (Å²) in [6, 6.07) is 7.13. The Bertz CT molecular complexity index is 1360. The lowest BCUT2D eigenvalue weighted by atomic mass is 10.0. The van der Waals surface area contributed by atoms with Gasteiger partial charge in [0.25, 0.3) is 5.91 Å². The van der Waals surface area contributed by atoms with Crippen molar-refractivity contribution in [1.29, 1.82) is 0 Å². The standard InChI is InChI=1S/C24H26N4O7.C2HF3O2/c1-13-26-18(19-7-22(35-28-19)23-12-32-17(9-29)11-34-23)6-20(27-13)24(31)25-8-14-2-3-21-15(4-14)5-16(30)10-33-21;3-2(4,5)1(6)7/h2-4,6,17,22-23,29H,5,7-12H2,1H3,(H,25,31);(H,6,7)/t17-,22-,23-;/m1./s1. The molecule has 0 spiro atoms. The number of aliphatic carboxylic acids is 1. The molecule has 0 radical (unpaired) electrons. The minimum absolute atomic E-state index is 0.0284. The van der Waals surface area contributed by atoms with E-state index in [9.17, 15) is 22.8 Å². The van der Waals surface area contributed by atoms with Crippen LogP contribution in [0.25, 0.3) is 0 Å². The molecule has 1 aromatic carbocycles. The second-order valence-corrected chi connectivity index (χ2v) is 9.51. The van der Waals surface area contributed by atoms with Crippen LogP contribution in [-0.2, 0) is 36.9 Å². The maximum Gasteiger partial charge on any atom is 0.490 e. The van der Waals surface area contributed by atoms with E-state index in [1.807, 2.05) is 18.2 Å². The Morgan fingerprint density at radius 3 is 2.55 bits per heavy atom. The number of alkyl halides is 3. The first-order valence-corrected chi connectivity index (χ1v) is 12.7. The van der Waals surface area contributed by atoms with Crippen LogP contribution < -0.4 is 10.1 Å². The monoisotopic (exact) mass is 596 g/mol. The molecule has 1 aromatic heterocycles. The number of benzene rings is 1. The molecule has 13 nitrogen and oxygen atoms in total. The van der Waals surface area contributed by atoms with Gasteiger partial charge in [0.2, 0.25) is 0 Å². The van der Waals surface area contributed by atoms with Crippen LogP contribution in [0.5, 0.6) is 5.75 Å². The predicted octanol–water partition coefficient (Wildman–Crippen LogP) is 1.12. The Morgan fingerprint density at radius 2 is 1.88 bits per heavy atom. The number of hydrogen-bond donors (Lipinski definition) is 3. The molecule has 0 aliphatic carbocycles. The Morgan fingerprint density at radius 1 is 1.12 bits per heavy atom. The number of aliphatic hydroxyl groups excluding tert-OH is 1. The number of aryl methyl sites for hydroxylation is 1. The first-order valence-electron chi connectivity index (χ1n) is 12.7. The number of aromatic nitrogens is 2. The molecule has 5 rings (SSSR count). The van der Waals surface area contributed by atoms with Gasteiger partial charge in [-0.25, -0.2) is 14.8 Å². The fourth-order valence-electron chi connectivity index (χ4n) is 4.17. The zero-order valence-electron chi connectivity index (χ0n) is 22.2. The third-order valence-electron chi connectivity index (χ3n) is 6.27. The highest BCUT2D eigenvalue weighted by Gasteiger charge is 2.38. The lowest BCUT2D eigenvalue weighted by Crippen LogP contribution is -2.43. The third-order valence-corrected chi connectivity index (χ3v) is 6.27. The van der Waals surface area contributed by atoms with Gasteiger partial charge in [-0.15, -0.1) is 0 Å². The minimum Gasteiger partial charge on any atom is -0.486 e. The molecule has 3 atom stereocenters. The highest BCUT2D eigenvalue weighted by atomic mass is 19.4. The van der Waals surface area contributed by atoms with E-state index in [4.69, 9.17) is 34.1 Å². The molecule has 16 heteroatoms. The van der Waals surface area contributed by atoms with Crippen molar-refractivity contribution >= 4 is 23.4 Å². The second kappa shape index (κ2) is 13.2. The van der Waals surface area contributed by atoms with Gasteiger partial charge in [0.15, 0.2) is 11.9 Å². The number of fused-ring (bicyclic) bond motifs is 1. The Labute approximate surface area is 236 Å². The van der Waals surface area contributed by atoms with E-state index in [-0.39, 0.29) is 55.5 Å². The van der Waals surface area contributed by atoms with Crippen LogP contribution in [0, 0.1) is 6.92 Å². The first kappa shape index (κ1) is 30.8. The number of nitrogens with zero attached hydrogens (tertiary/aromatic N) is 3. The molecule has 0 unspecified atom stereocenters. The molecule has 3 aliphatic rings. The van der Waals surface area contributed by atoms with Crippen molar-refractivity contribution in [3.05, 3.63) is 52.6 Å². The largest absolute Gasteiger partial charge is 0.490 e. The summed E-state index contributed by atoms with van der Waals surface area (Å²) < 4.78 is 48.4. The third kappa shape index (κ3) is 7.98.